The van der Waals surface area contributed by atoms with E-state index in [9.17, 15) is 4.79 Å². The first-order chi connectivity index (χ1) is 4.93. The first-order valence-corrected chi connectivity index (χ1v) is 4.76. The SMILES string of the molecule is O=[C]SSc1[c]cccc1. The molecule has 10 heavy (non-hydrogen) atoms. The van der Waals surface area contributed by atoms with Crippen molar-refractivity contribution < 1.29 is 4.79 Å². The lowest BCUT2D eigenvalue weighted by Crippen LogP contribution is -1.64. The van der Waals surface area contributed by atoms with Crippen LogP contribution in [-0.4, -0.2) is 5.62 Å². The molecule has 0 aliphatic rings. The van der Waals surface area contributed by atoms with Crippen LogP contribution >= 0.6 is 21.6 Å². The Morgan fingerprint density at radius 3 is 3.00 bits per heavy atom. The smallest absolute Gasteiger partial charge is 0.276 e. The van der Waals surface area contributed by atoms with Crippen LogP contribution < -0.4 is 0 Å². The molecular formula is C7H4OS2. The van der Waals surface area contributed by atoms with Crippen molar-refractivity contribution >= 4 is 27.2 Å². The van der Waals surface area contributed by atoms with E-state index in [2.05, 4.69) is 6.07 Å². The average Bonchev–Trinajstić information content (AvgIpc) is 2.03. The van der Waals surface area contributed by atoms with Gasteiger partial charge in [-0.05, 0) is 33.7 Å². The van der Waals surface area contributed by atoms with Crippen molar-refractivity contribution in [3.05, 3.63) is 30.3 Å². The molecule has 0 aliphatic heterocycles. The quantitative estimate of drug-likeness (QED) is 0.645. The Morgan fingerprint density at radius 1 is 1.50 bits per heavy atom. The maximum atomic E-state index is 9.78. The van der Waals surface area contributed by atoms with Gasteiger partial charge in [0.1, 0.15) is 0 Å². The molecule has 3 heteroatoms. The summed E-state index contributed by atoms with van der Waals surface area (Å²) in [7, 11) is 2.40. The van der Waals surface area contributed by atoms with Crippen molar-refractivity contribution in [1.82, 2.24) is 0 Å². The van der Waals surface area contributed by atoms with Crippen LogP contribution in [0.2, 0.25) is 0 Å². The second-order valence-corrected chi connectivity index (χ2v) is 3.42. The summed E-state index contributed by atoms with van der Waals surface area (Å²) in [6, 6.07) is 10.5. The summed E-state index contributed by atoms with van der Waals surface area (Å²) in [5.41, 5.74) is 1.73. The summed E-state index contributed by atoms with van der Waals surface area (Å²) in [5.74, 6) is 0. The van der Waals surface area contributed by atoms with Gasteiger partial charge in [0.25, 0.3) is 5.62 Å². The van der Waals surface area contributed by atoms with E-state index >= 15 is 0 Å². The van der Waals surface area contributed by atoms with E-state index in [-0.39, 0.29) is 0 Å². The van der Waals surface area contributed by atoms with E-state index in [0.29, 0.717) is 0 Å². The highest BCUT2D eigenvalue weighted by Gasteiger charge is 1.90. The van der Waals surface area contributed by atoms with E-state index in [4.69, 9.17) is 0 Å². The van der Waals surface area contributed by atoms with Crippen LogP contribution in [0.5, 0.6) is 0 Å². The van der Waals surface area contributed by atoms with Crippen LogP contribution in [-0.2, 0) is 4.79 Å². The highest BCUT2D eigenvalue weighted by molar-refractivity contribution is 8.81. The Kier molecular flexibility index (Phi) is 3.40. The molecule has 0 aliphatic carbocycles. The molecule has 0 spiro atoms. The molecule has 0 bridgehead atoms. The molecule has 1 nitrogen and oxygen atoms in total. The summed E-state index contributed by atoms with van der Waals surface area (Å²) < 4.78 is 0. The maximum Gasteiger partial charge on any atom is 0.277 e. The predicted octanol–water partition coefficient (Wildman–Crippen LogP) is 2.29. The molecule has 0 saturated carbocycles. The largest absolute Gasteiger partial charge is 0.277 e. The number of carbonyl (C=O) groups excluding carboxylic acids is 1. The van der Waals surface area contributed by atoms with Gasteiger partial charge in [0.15, 0.2) is 0 Å². The summed E-state index contributed by atoms with van der Waals surface area (Å²) >= 11 is 0. The molecule has 1 rings (SSSR count). The Balaban J connectivity index is 2.50. The molecule has 0 aromatic heterocycles. The molecule has 0 heterocycles. The van der Waals surface area contributed by atoms with Crippen molar-refractivity contribution in [3.63, 3.8) is 0 Å². The normalized spacial score (nSPS) is 9.20. The standard InChI is InChI=1S/C7H4OS2/c8-6-9-10-7-4-2-1-3-5-7/h1-4H. The summed E-state index contributed by atoms with van der Waals surface area (Å²) in [6.45, 7) is 0. The Bertz CT molecular complexity index is 198. The summed E-state index contributed by atoms with van der Waals surface area (Å²) in [5, 5.41) is 0. The van der Waals surface area contributed by atoms with Crippen molar-refractivity contribution in [2.75, 3.05) is 0 Å². The molecule has 2 radical (unpaired) electrons. The minimum Gasteiger partial charge on any atom is -0.276 e. The van der Waals surface area contributed by atoms with Crippen molar-refractivity contribution in [2.24, 2.45) is 0 Å². The van der Waals surface area contributed by atoms with Gasteiger partial charge in [0, 0.05) is 4.90 Å². The van der Waals surface area contributed by atoms with E-state index in [1.807, 2.05) is 24.3 Å². The number of hydrogen-bond acceptors (Lipinski definition) is 3. The predicted molar refractivity (Wildman–Crippen MR) is 44.4 cm³/mol. The first kappa shape index (κ1) is 7.69. The maximum absolute atomic E-state index is 9.78. The van der Waals surface area contributed by atoms with Gasteiger partial charge in [-0.2, -0.15) is 0 Å². The van der Waals surface area contributed by atoms with Crippen molar-refractivity contribution in [2.45, 2.75) is 4.90 Å². The Labute approximate surface area is 67.6 Å². The third kappa shape index (κ3) is 2.45. The van der Waals surface area contributed by atoms with Crippen LogP contribution in [0, 0.1) is 6.07 Å². The molecule has 1 aromatic rings. The molecule has 0 saturated heterocycles. The van der Waals surface area contributed by atoms with Crippen molar-refractivity contribution in [1.29, 1.82) is 0 Å². The van der Waals surface area contributed by atoms with Gasteiger partial charge in [0.05, 0.1) is 0 Å². The fraction of sp³-hybridized carbons (Fsp3) is 0. The molecule has 1 aromatic carbocycles. The third-order valence-corrected chi connectivity index (χ3v) is 2.42. The zero-order chi connectivity index (χ0) is 7.23. The fourth-order valence-corrected chi connectivity index (χ4v) is 1.55. The van der Waals surface area contributed by atoms with Crippen molar-refractivity contribution in [3.8, 4) is 0 Å². The average molecular weight is 168 g/mol. The van der Waals surface area contributed by atoms with Crippen LogP contribution in [0.25, 0.3) is 0 Å². The Morgan fingerprint density at radius 2 is 2.40 bits per heavy atom. The molecule has 0 unspecified atom stereocenters. The van der Waals surface area contributed by atoms with Gasteiger partial charge in [0.2, 0.25) is 0 Å². The van der Waals surface area contributed by atoms with Gasteiger partial charge < -0.3 is 0 Å². The highest BCUT2D eigenvalue weighted by atomic mass is 33.1. The lowest BCUT2D eigenvalue weighted by Gasteiger charge is -1.90. The topological polar surface area (TPSA) is 17.1 Å². The number of hydrogen-bond donors (Lipinski definition) is 0. The van der Waals surface area contributed by atoms with Crippen LogP contribution in [0.4, 0.5) is 0 Å². The van der Waals surface area contributed by atoms with Crippen LogP contribution in [0.3, 0.4) is 0 Å². The molecular weight excluding hydrogens is 164 g/mol. The lowest BCUT2D eigenvalue weighted by molar-refractivity contribution is 0.570. The van der Waals surface area contributed by atoms with E-state index < -0.39 is 0 Å². The zero-order valence-electron chi connectivity index (χ0n) is 5.03. The number of rotatable bonds is 3. The monoisotopic (exact) mass is 168 g/mol. The third-order valence-electron chi connectivity index (χ3n) is 0.846. The van der Waals surface area contributed by atoms with Gasteiger partial charge in [-0.15, -0.1) is 0 Å². The molecule has 0 atom stereocenters. The summed E-state index contributed by atoms with van der Waals surface area (Å²) in [6.07, 6.45) is 0. The van der Waals surface area contributed by atoms with Gasteiger partial charge in [-0.1, -0.05) is 18.2 Å². The molecule has 0 fully saturated rings. The first-order valence-electron chi connectivity index (χ1n) is 2.61. The zero-order valence-corrected chi connectivity index (χ0v) is 6.67. The second kappa shape index (κ2) is 4.41. The Hall–Kier alpha value is -0.410. The fourth-order valence-electron chi connectivity index (χ4n) is 0.491. The van der Waals surface area contributed by atoms with Gasteiger partial charge in [-0.3, -0.25) is 4.79 Å². The molecule has 0 amide bonds. The van der Waals surface area contributed by atoms with E-state index in [1.54, 1.807) is 5.62 Å². The highest BCUT2D eigenvalue weighted by Crippen LogP contribution is 2.27. The molecule has 50 valence electrons. The summed E-state index contributed by atoms with van der Waals surface area (Å²) in [4.78, 5) is 10.7. The van der Waals surface area contributed by atoms with E-state index in [0.717, 1.165) is 15.7 Å². The van der Waals surface area contributed by atoms with Gasteiger partial charge >= 0.3 is 0 Å². The minimum atomic E-state index is 0.954. The van der Waals surface area contributed by atoms with E-state index in [1.165, 1.54) is 10.8 Å². The van der Waals surface area contributed by atoms with Gasteiger partial charge in [-0.25, -0.2) is 0 Å². The lowest BCUT2D eigenvalue weighted by atomic mass is 10.4. The van der Waals surface area contributed by atoms with Crippen LogP contribution in [0.15, 0.2) is 29.2 Å². The minimum absolute atomic E-state index is 0.954. The van der Waals surface area contributed by atoms with Crippen LogP contribution in [0.1, 0.15) is 0 Å². The second-order valence-electron chi connectivity index (χ2n) is 1.48. The number of benzene rings is 1. The molecule has 0 N–H and O–H groups in total.